The molecule has 1 heterocycles. The van der Waals surface area contributed by atoms with E-state index in [9.17, 15) is 4.79 Å². The van der Waals surface area contributed by atoms with Gasteiger partial charge in [-0.2, -0.15) is 0 Å². The van der Waals surface area contributed by atoms with Gasteiger partial charge in [0.25, 0.3) is 0 Å². The van der Waals surface area contributed by atoms with Crippen molar-refractivity contribution in [2.75, 3.05) is 0 Å². The maximum atomic E-state index is 11.1. The van der Waals surface area contributed by atoms with Gasteiger partial charge in [-0.25, -0.2) is 4.79 Å². The van der Waals surface area contributed by atoms with Gasteiger partial charge in [-0.15, -0.1) is 0 Å². The lowest BCUT2D eigenvalue weighted by atomic mass is 10.3. The minimum Gasteiger partial charge on any atom is -0.453 e. The first-order valence-corrected chi connectivity index (χ1v) is 4.11. The molecule has 0 aliphatic carbocycles. The largest absolute Gasteiger partial charge is 0.453 e. The molecule has 1 atom stereocenters. The van der Waals surface area contributed by atoms with E-state index in [-0.39, 0.29) is 12.1 Å². The standard InChI is InChI=1S/C10H13NO2/c1-7(2)10(12)13-8(3)9-5-4-6-11-9/h4-6,8,11H,1H2,2-3H3. The average molecular weight is 179 g/mol. The third kappa shape index (κ3) is 2.47. The van der Waals surface area contributed by atoms with E-state index >= 15 is 0 Å². The zero-order chi connectivity index (χ0) is 9.84. The molecule has 3 heteroatoms. The second kappa shape index (κ2) is 3.94. The molecule has 0 amide bonds. The van der Waals surface area contributed by atoms with Gasteiger partial charge in [-0.1, -0.05) is 6.58 Å². The summed E-state index contributed by atoms with van der Waals surface area (Å²) in [5.41, 5.74) is 1.30. The van der Waals surface area contributed by atoms with Gasteiger partial charge in [0.2, 0.25) is 0 Å². The summed E-state index contributed by atoms with van der Waals surface area (Å²) >= 11 is 0. The van der Waals surface area contributed by atoms with Crippen LogP contribution in [0.25, 0.3) is 0 Å². The first-order valence-electron chi connectivity index (χ1n) is 4.11. The summed E-state index contributed by atoms with van der Waals surface area (Å²) in [5, 5.41) is 0. The predicted molar refractivity (Wildman–Crippen MR) is 50.1 cm³/mol. The number of ether oxygens (including phenoxy) is 1. The number of carbonyl (C=O) groups is 1. The molecule has 1 aromatic rings. The lowest BCUT2D eigenvalue weighted by Crippen LogP contribution is -2.09. The van der Waals surface area contributed by atoms with Crippen molar-refractivity contribution in [1.29, 1.82) is 0 Å². The number of hydrogen-bond acceptors (Lipinski definition) is 2. The summed E-state index contributed by atoms with van der Waals surface area (Å²) in [4.78, 5) is 14.1. The third-order valence-corrected chi connectivity index (χ3v) is 1.69. The van der Waals surface area contributed by atoms with Gasteiger partial charge >= 0.3 is 5.97 Å². The number of hydrogen-bond donors (Lipinski definition) is 1. The van der Waals surface area contributed by atoms with Crippen LogP contribution in [0.1, 0.15) is 25.6 Å². The Balaban J connectivity index is 2.56. The van der Waals surface area contributed by atoms with Crippen LogP contribution in [0.4, 0.5) is 0 Å². The van der Waals surface area contributed by atoms with Crippen LogP contribution in [0.3, 0.4) is 0 Å². The summed E-state index contributed by atoms with van der Waals surface area (Å²) in [6.07, 6.45) is 1.54. The molecule has 0 saturated heterocycles. The van der Waals surface area contributed by atoms with Crippen molar-refractivity contribution in [3.63, 3.8) is 0 Å². The number of esters is 1. The Kier molecular flexibility index (Phi) is 2.90. The Morgan fingerprint density at radius 2 is 2.38 bits per heavy atom. The molecule has 0 aromatic carbocycles. The molecule has 0 spiro atoms. The van der Waals surface area contributed by atoms with Crippen molar-refractivity contribution < 1.29 is 9.53 Å². The van der Waals surface area contributed by atoms with Gasteiger partial charge in [-0.3, -0.25) is 0 Å². The fraction of sp³-hybridized carbons (Fsp3) is 0.300. The van der Waals surface area contributed by atoms with E-state index in [0.717, 1.165) is 5.69 Å². The summed E-state index contributed by atoms with van der Waals surface area (Å²) < 4.78 is 5.09. The van der Waals surface area contributed by atoms with Gasteiger partial charge in [0.05, 0.1) is 5.69 Å². The molecular weight excluding hydrogens is 166 g/mol. The van der Waals surface area contributed by atoms with E-state index in [0.29, 0.717) is 5.57 Å². The summed E-state index contributed by atoms with van der Waals surface area (Å²) in [6, 6.07) is 3.73. The van der Waals surface area contributed by atoms with Crippen LogP contribution in [-0.4, -0.2) is 11.0 Å². The number of carbonyl (C=O) groups excluding carboxylic acids is 1. The van der Waals surface area contributed by atoms with Crippen molar-refractivity contribution in [3.8, 4) is 0 Å². The van der Waals surface area contributed by atoms with E-state index in [1.54, 1.807) is 13.1 Å². The second-order valence-corrected chi connectivity index (χ2v) is 2.95. The van der Waals surface area contributed by atoms with Crippen LogP contribution in [0.15, 0.2) is 30.5 Å². The van der Waals surface area contributed by atoms with Crippen molar-refractivity contribution >= 4 is 5.97 Å². The van der Waals surface area contributed by atoms with E-state index in [1.165, 1.54) is 0 Å². The smallest absolute Gasteiger partial charge is 0.333 e. The molecular formula is C10H13NO2. The first-order chi connectivity index (χ1) is 6.11. The lowest BCUT2D eigenvalue weighted by molar-refractivity contribution is -0.143. The summed E-state index contributed by atoms with van der Waals surface area (Å²) in [5.74, 6) is -0.359. The van der Waals surface area contributed by atoms with E-state index in [2.05, 4.69) is 11.6 Å². The van der Waals surface area contributed by atoms with Gasteiger partial charge in [0.1, 0.15) is 6.10 Å². The van der Waals surface area contributed by atoms with Crippen molar-refractivity contribution in [2.45, 2.75) is 20.0 Å². The van der Waals surface area contributed by atoms with Gasteiger partial charge in [-0.05, 0) is 26.0 Å². The van der Waals surface area contributed by atoms with Crippen LogP contribution in [-0.2, 0) is 9.53 Å². The van der Waals surface area contributed by atoms with Gasteiger partial charge in [0.15, 0.2) is 0 Å². The molecule has 13 heavy (non-hydrogen) atoms. The molecule has 0 saturated carbocycles. The fourth-order valence-electron chi connectivity index (χ4n) is 0.922. The Morgan fingerprint density at radius 3 is 2.85 bits per heavy atom. The van der Waals surface area contributed by atoms with Gasteiger partial charge in [0, 0.05) is 11.8 Å². The number of H-pyrrole nitrogens is 1. The van der Waals surface area contributed by atoms with Crippen molar-refractivity contribution in [2.24, 2.45) is 0 Å². The average Bonchev–Trinajstić information content (AvgIpc) is 2.55. The summed E-state index contributed by atoms with van der Waals surface area (Å²) in [7, 11) is 0. The highest BCUT2D eigenvalue weighted by molar-refractivity contribution is 5.87. The van der Waals surface area contributed by atoms with Gasteiger partial charge < -0.3 is 9.72 Å². The van der Waals surface area contributed by atoms with Crippen LogP contribution >= 0.6 is 0 Å². The molecule has 1 N–H and O–H groups in total. The Bertz CT molecular complexity index is 301. The highest BCUT2D eigenvalue weighted by Gasteiger charge is 2.11. The molecule has 0 fully saturated rings. The van der Waals surface area contributed by atoms with E-state index in [4.69, 9.17) is 4.74 Å². The fourth-order valence-corrected chi connectivity index (χ4v) is 0.922. The highest BCUT2D eigenvalue weighted by Crippen LogP contribution is 2.15. The van der Waals surface area contributed by atoms with Crippen molar-refractivity contribution in [3.05, 3.63) is 36.2 Å². The minimum absolute atomic E-state index is 0.251. The number of aromatic amines is 1. The third-order valence-electron chi connectivity index (χ3n) is 1.69. The molecule has 0 bridgehead atoms. The number of aromatic nitrogens is 1. The zero-order valence-corrected chi connectivity index (χ0v) is 7.83. The van der Waals surface area contributed by atoms with Crippen molar-refractivity contribution in [1.82, 2.24) is 4.98 Å². The molecule has 0 aliphatic rings. The molecule has 1 rings (SSSR count). The van der Waals surface area contributed by atoms with E-state index in [1.807, 2.05) is 19.1 Å². The summed E-state index contributed by atoms with van der Waals surface area (Å²) in [6.45, 7) is 6.95. The molecule has 1 aromatic heterocycles. The van der Waals surface area contributed by atoms with Crippen LogP contribution < -0.4 is 0 Å². The quantitative estimate of drug-likeness (QED) is 0.571. The molecule has 70 valence electrons. The monoisotopic (exact) mass is 179 g/mol. The topological polar surface area (TPSA) is 42.1 Å². The van der Waals surface area contributed by atoms with Crippen LogP contribution in [0.5, 0.6) is 0 Å². The number of rotatable bonds is 3. The highest BCUT2D eigenvalue weighted by atomic mass is 16.5. The minimum atomic E-state index is -0.359. The molecule has 1 unspecified atom stereocenters. The molecule has 3 nitrogen and oxygen atoms in total. The molecule has 0 radical (unpaired) electrons. The predicted octanol–water partition coefficient (Wildman–Crippen LogP) is 2.19. The Morgan fingerprint density at radius 1 is 1.69 bits per heavy atom. The maximum Gasteiger partial charge on any atom is 0.333 e. The van der Waals surface area contributed by atoms with E-state index < -0.39 is 0 Å². The molecule has 0 aliphatic heterocycles. The van der Waals surface area contributed by atoms with Crippen LogP contribution in [0.2, 0.25) is 0 Å². The maximum absolute atomic E-state index is 11.1. The second-order valence-electron chi connectivity index (χ2n) is 2.95. The SMILES string of the molecule is C=C(C)C(=O)OC(C)c1ccc[nH]1. The Hall–Kier alpha value is -1.51. The Labute approximate surface area is 77.4 Å². The van der Waals surface area contributed by atoms with Crippen LogP contribution in [0, 0.1) is 0 Å². The normalized spacial score (nSPS) is 12.2. The first kappa shape index (κ1) is 9.58. The number of nitrogens with one attached hydrogen (secondary N) is 1. The lowest BCUT2D eigenvalue weighted by Gasteiger charge is -2.11. The zero-order valence-electron chi connectivity index (χ0n) is 7.83.